The molecule has 0 spiro atoms. The lowest BCUT2D eigenvalue weighted by atomic mass is 10.3. The average molecular weight is 293 g/mol. The van der Waals surface area contributed by atoms with E-state index in [4.69, 9.17) is 5.73 Å². The van der Waals surface area contributed by atoms with Crippen LogP contribution in [0.25, 0.3) is 0 Å². The molecule has 0 heterocycles. The Morgan fingerprint density at radius 2 is 2.00 bits per heavy atom. The number of nitrogens with one attached hydrogen (secondary N) is 1. The van der Waals surface area contributed by atoms with Crippen LogP contribution in [0.2, 0.25) is 0 Å². The maximum Gasteiger partial charge on any atom is 0.241 e. The van der Waals surface area contributed by atoms with Crippen LogP contribution in [0, 0.1) is 0 Å². The summed E-state index contributed by atoms with van der Waals surface area (Å²) in [4.78, 5) is 0.199. The number of hydrogen-bond acceptors (Lipinski definition) is 3. The first kappa shape index (κ1) is 12.5. The fraction of sp³-hybridized carbons (Fsp3) is 0.333. The van der Waals surface area contributed by atoms with Crippen molar-refractivity contribution in [2.45, 2.75) is 24.8 Å². The van der Waals surface area contributed by atoms with Crippen molar-refractivity contribution < 1.29 is 8.42 Å². The second-order valence-corrected chi connectivity index (χ2v) is 6.00. The van der Waals surface area contributed by atoms with Gasteiger partial charge in [-0.2, -0.15) is 0 Å². The van der Waals surface area contributed by atoms with Gasteiger partial charge in [-0.1, -0.05) is 0 Å². The van der Waals surface area contributed by atoms with E-state index in [1.54, 1.807) is 26.0 Å². The summed E-state index contributed by atoms with van der Waals surface area (Å²) in [6.07, 6.45) is 0. The maximum atomic E-state index is 11.8. The van der Waals surface area contributed by atoms with Crippen LogP contribution in [-0.4, -0.2) is 14.5 Å². The first-order valence-electron chi connectivity index (χ1n) is 4.40. The van der Waals surface area contributed by atoms with E-state index >= 15 is 0 Å². The van der Waals surface area contributed by atoms with Gasteiger partial charge in [0.1, 0.15) is 0 Å². The van der Waals surface area contributed by atoms with E-state index in [2.05, 4.69) is 20.7 Å². The van der Waals surface area contributed by atoms with Crippen LogP contribution in [0.3, 0.4) is 0 Å². The highest BCUT2D eigenvalue weighted by molar-refractivity contribution is 9.10. The van der Waals surface area contributed by atoms with Gasteiger partial charge in [0.2, 0.25) is 10.0 Å². The van der Waals surface area contributed by atoms with Crippen LogP contribution in [0.1, 0.15) is 13.8 Å². The van der Waals surface area contributed by atoms with Gasteiger partial charge >= 0.3 is 0 Å². The molecule has 0 atom stereocenters. The molecule has 0 aliphatic carbocycles. The average Bonchev–Trinajstić information content (AvgIpc) is 1.99. The molecule has 0 aliphatic rings. The number of halogens is 1. The number of sulfonamides is 1. The maximum absolute atomic E-state index is 11.8. The zero-order chi connectivity index (χ0) is 11.6. The third-order valence-corrected chi connectivity index (χ3v) is 4.27. The standard InChI is InChI=1S/C9H13BrN2O2S/c1-6(2)12-15(13,14)9-4-3-7(11)5-8(9)10/h3-6,12H,11H2,1-2H3. The van der Waals surface area contributed by atoms with Gasteiger partial charge in [0, 0.05) is 16.2 Å². The summed E-state index contributed by atoms with van der Waals surface area (Å²) in [5, 5.41) is 0. The summed E-state index contributed by atoms with van der Waals surface area (Å²) in [7, 11) is -3.46. The molecule has 0 radical (unpaired) electrons. The molecule has 0 amide bonds. The second-order valence-electron chi connectivity index (χ2n) is 3.47. The summed E-state index contributed by atoms with van der Waals surface area (Å²) in [5.41, 5.74) is 6.05. The van der Waals surface area contributed by atoms with Gasteiger partial charge in [0.25, 0.3) is 0 Å². The zero-order valence-corrected chi connectivity index (χ0v) is 10.9. The van der Waals surface area contributed by atoms with Crippen molar-refractivity contribution in [2.75, 3.05) is 5.73 Å². The number of nitrogen functional groups attached to an aromatic ring is 1. The highest BCUT2D eigenvalue weighted by Crippen LogP contribution is 2.24. The lowest BCUT2D eigenvalue weighted by Crippen LogP contribution is -2.30. The summed E-state index contributed by atoms with van der Waals surface area (Å²) in [5.74, 6) is 0. The molecular formula is C9H13BrN2O2S. The van der Waals surface area contributed by atoms with E-state index < -0.39 is 10.0 Å². The number of rotatable bonds is 3. The fourth-order valence-corrected chi connectivity index (χ4v) is 3.46. The van der Waals surface area contributed by atoms with Crippen molar-refractivity contribution in [3.05, 3.63) is 22.7 Å². The Labute approximate surface area is 98.0 Å². The van der Waals surface area contributed by atoms with Crippen molar-refractivity contribution in [3.63, 3.8) is 0 Å². The molecule has 1 aromatic carbocycles. The molecule has 6 heteroatoms. The number of anilines is 1. The van der Waals surface area contributed by atoms with Gasteiger partial charge in [-0.3, -0.25) is 0 Å². The van der Waals surface area contributed by atoms with Gasteiger partial charge in [0.05, 0.1) is 4.90 Å². The van der Waals surface area contributed by atoms with E-state index in [-0.39, 0.29) is 10.9 Å². The van der Waals surface area contributed by atoms with E-state index in [0.29, 0.717) is 10.2 Å². The van der Waals surface area contributed by atoms with Crippen molar-refractivity contribution in [3.8, 4) is 0 Å². The lowest BCUT2D eigenvalue weighted by Gasteiger charge is -2.11. The predicted octanol–water partition coefficient (Wildman–Crippen LogP) is 1.72. The van der Waals surface area contributed by atoms with Crippen LogP contribution in [0.5, 0.6) is 0 Å². The van der Waals surface area contributed by atoms with Crippen LogP contribution in [-0.2, 0) is 10.0 Å². The molecule has 4 nitrogen and oxygen atoms in total. The number of nitrogens with two attached hydrogens (primary N) is 1. The van der Waals surface area contributed by atoms with E-state index in [9.17, 15) is 8.42 Å². The molecule has 15 heavy (non-hydrogen) atoms. The van der Waals surface area contributed by atoms with Gasteiger partial charge in [-0.05, 0) is 48.0 Å². The van der Waals surface area contributed by atoms with Crippen molar-refractivity contribution in [1.29, 1.82) is 0 Å². The Hall–Kier alpha value is -0.590. The molecule has 0 saturated heterocycles. The molecule has 1 aromatic rings. The first-order chi connectivity index (χ1) is 6.83. The quantitative estimate of drug-likeness (QED) is 0.833. The first-order valence-corrected chi connectivity index (χ1v) is 6.68. The Morgan fingerprint density at radius 3 is 2.47 bits per heavy atom. The Balaban J connectivity index is 3.16. The van der Waals surface area contributed by atoms with Gasteiger partial charge < -0.3 is 5.73 Å². The largest absolute Gasteiger partial charge is 0.399 e. The van der Waals surface area contributed by atoms with Crippen molar-refractivity contribution >= 4 is 31.6 Å². The van der Waals surface area contributed by atoms with E-state index in [0.717, 1.165) is 0 Å². The summed E-state index contributed by atoms with van der Waals surface area (Å²) in [6, 6.07) is 4.46. The molecule has 0 fully saturated rings. The van der Waals surface area contributed by atoms with Gasteiger partial charge in [-0.15, -0.1) is 0 Å². The number of hydrogen-bond donors (Lipinski definition) is 2. The molecule has 0 aromatic heterocycles. The number of benzene rings is 1. The molecule has 0 aliphatic heterocycles. The highest BCUT2D eigenvalue weighted by atomic mass is 79.9. The summed E-state index contributed by atoms with van der Waals surface area (Å²) < 4.78 is 26.6. The molecule has 0 bridgehead atoms. The predicted molar refractivity (Wildman–Crippen MR) is 64.0 cm³/mol. The molecule has 1 rings (SSSR count). The minimum absolute atomic E-state index is 0.139. The summed E-state index contributed by atoms with van der Waals surface area (Å²) >= 11 is 3.17. The minimum atomic E-state index is -3.46. The normalized spacial score (nSPS) is 12.0. The van der Waals surface area contributed by atoms with Gasteiger partial charge in [-0.25, -0.2) is 13.1 Å². The van der Waals surface area contributed by atoms with Gasteiger partial charge in [0.15, 0.2) is 0 Å². The van der Waals surface area contributed by atoms with E-state index in [1.165, 1.54) is 6.07 Å². The molecule has 3 N–H and O–H groups in total. The van der Waals surface area contributed by atoms with E-state index in [1.807, 2.05) is 0 Å². The summed E-state index contributed by atoms with van der Waals surface area (Å²) in [6.45, 7) is 3.53. The monoisotopic (exact) mass is 292 g/mol. The highest BCUT2D eigenvalue weighted by Gasteiger charge is 2.18. The molecular weight excluding hydrogens is 280 g/mol. The Kier molecular flexibility index (Phi) is 3.75. The lowest BCUT2D eigenvalue weighted by molar-refractivity contribution is 0.569. The molecule has 0 unspecified atom stereocenters. The molecule has 84 valence electrons. The SMILES string of the molecule is CC(C)NS(=O)(=O)c1ccc(N)cc1Br. The Morgan fingerprint density at radius 1 is 1.40 bits per heavy atom. The minimum Gasteiger partial charge on any atom is -0.399 e. The van der Waals surface area contributed by atoms with Crippen molar-refractivity contribution in [1.82, 2.24) is 4.72 Å². The Bertz CT molecular complexity index is 457. The third-order valence-electron chi connectivity index (χ3n) is 1.64. The molecule has 0 saturated carbocycles. The van der Waals surface area contributed by atoms with Crippen LogP contribution in [0.15, 0.2) is 27.6 Å². The topological polar surface area (TPSA) is 72.2 Å². The second kappa shape index (κ2) is 4.51. The van der Waals surface area contributed by atoms with Crippen LogP contribution >= 0.6 is 15.9 Å². The van der Waals surface area contributed by atoms with Crippen LogP contribution in [0.4, 0.5) is 5.69 Å². The van der Waals surface area contributed by atoms with Crippen LogP contribution < -0.4 is 10.5 Å². The zero-order valence-electron chi connectivity index (χ0n) is 8.49. The fourth-order valence-electron chi connectivity index (χ4n) is 1.11. The van der Waals surface area contributed by atoms with Crippen molar-refractivity contribution in [2.24, 2.45) is 0 Å². The third kappa shape index (κ3) is 3.19. The smallest absolute Gasteiger partial charge is 0.241 e.